The largest absolute Gasteiger partial charge is 0.352 e. The number of carbonyl (C=O) groups is 2. The number of hydrogen-bond acceptors (Lipinski definition) is 2. The molecule has 4 nitrogen and oxygen atoms in total. The van der Waals surface area contributed by atoms with E-state index in [0.29, 0.717) is 19.3 Å². The number of aryl methyl sites for hydroxylation is 1. The lowest BCUT2D eigenvalue weighted by atomic mass is 10.00. The number of halogens is 1. The second-order valence-corrected chi connectivity index (χ2v) is 9.20. The van der Waals surface area contributed by atoms with E-state index in [0.717, 1.165) is 47.6 Å². The highest BCUT2D eigenvalue weighted by atomic mass is 19.1. The Bertz CT molecular complexity index is 1120. The zero-order chi connectivity index (χ0) is 23.9. The Morgan fingerprint density at radius 1 is 1.00 bits per heavy atom. The van der Waals surface area contributed by atoms with Crippen molar-refractivity contribution in [1.82, 2.24) is 10.2 Å². The minimum atomic E-state index is -0.550. The Morgan fingerprint density at radius 3 is 2.44 bits per heavy atom. The first kappa shape index (κ1) is 23.9. The first-order valence-corrected chi connectivity index (χ1v) is 12.4. The van der Waals surface area contributed by atoms with Crippen LogP contribution in [0.4, 0.5) is 4.39 Å². The molecule has 1 fully saturated rings. The molecule has 1 aliphatic carbocycles. The Morgan fingerprint density at radius 2 is 1.71 bits per heavy atom. The van der Waals surface area contributed by atoms with Gasteiger partial charge in [-0.15, -0.1) is 0 Å². The summed E-state index contributed by atoms with van der Waals surface area (Å²) in [6.07, 6.45) is 5.68. The van der Waals surface area contributed by atoms with Crippen LogP contribution in [0.5, 0.6) is 0 Å². The Kier molecular flexibility index (Phi) is 7.94. The summed E-state index contributed by atoms with van der Waals surface area (Å²) >= 11 is 0. The molecule has 0 bridgehead atoms. The summed E-state index contributed by atoms with van der Waals surface area (Å²) in [5.74, 6) is -0.468. The molecule has 1 atom stereocenters. The highest BCUT2D eigenvalue weighted by Gasteiger charge is 2.30. The molecular weight excluding hydrogens is 427 g/mol. The maximum atomic E-state index is 13.5. The van der Waals surface area contributed by atoms with E-state index in [1.165, 1.54) is 12.1 Å². The van der Waals surface area contributed by atoms with Gasteiger partial charge in [0.05, 0.1) is 0 Å². The van der Waals surface area contributed by atoms with Gasteiger partial charge in [-0.2, -0.15) is 0 Å². The third-order valence-corrected chi connectivity index (χ3v) is 6.84. The summed E-state index contributed by atoms with van der Waals surface area (Å²) in [5, 5.41) is 5.46. The zero-order valence-corrected chi connectivity index (χ0v) is 19.8. The van der Waals surface area contributed by atoms with Gasteiger partial charge in [-0.05, 0) is 59.7 Å². The molecule has 1 saturated carbocycles. The number of benzene rings is 3. The summed E-state index contributed by atoms with van der Waals surface area (Å²) in [6.45, 7) is 2.22. The summed E-state index contributed by atoms with van der Waals surface area (Å²) in [7, 11) is 0. The predicted molar refractivity (Wildman–Crippen MR) is 134 cm³/mol. The van der Waals surface area contributed by atoms with Crippen LogP contribution in [-0.2, 0) is 22.6 Å². The normalized spacial score (nSPS) is 14.8. The Balaban J connectivity index is 1.53. The van der Waals surface area contributed by atoms with Crippen molar-refractivity contribution in [3.63, 3.8) is 0 Å². The maximum Gasteiger partial charge on any atom is 0.243 e. The van der Waals surface area contributed by atoms with Crippen molar-refractivity contribution in [2.24, 2.45) is 0 Å². The van der Waals surface area contributed by atoms with Crippen LogP contribution in [-0.4, -0.2) is 28.8 Å². The minimum absolute atomic E-state index is 0.0642. The lowest BCUT2D eigenvalue weighted by Crippen LogP contribution is -2.51. The fourth-order valence-corrected chi connectivity index (χ4v) is 4.97. The van der Waals surface area contributed by atoms with E-state index < -0.39 is 6.04 Å². The van der Waals surface area contributed by atoms with E-state index in [1.807, 2.05) is 25.1 Å². The van der Waals surface area contributed by atoms with Crippen molar-refractivity contribution >= 4 is 22.6 Å². The lowest BCUT2D eigenvalue weighted by Gasteiger charge is -2.31. The van der Waals surface area contributed by atoms with Crippen LogP contribution in [0.25, 0.3) is 10.8 Å². The zero-order valence-electron chi connectivity index (χ0n) is 19.8. The minimum Gasteiger partial charge on any atom is -0.352 e. The van der Waals surface area contributed by atoms with Crippen molar-refractivity contribution in [2.75, 3.05) is 0 Å². The predicted octanol–water partition coefficient (Wildman–Crippen LogP) is 5.78. The molecule has 1 N–H and O–H groups in total. The SMILES string of the molecule is CCC(C(=O)NC1CCCC1)N(Cc1ccc(F)cc1)C(=O)CCc1cccc2ccccc12. The molecule has 0 saturated heterocycles. The highest BCUT2D eigenvalue weighted by Crippen LogP contribution is 2.22. The molecule has 0 aromatic heterocycles. The second kappa shape index (κ2) is 11.3. The molecule has 0 radical (unpaired) electrons. The van der Waals surface area contributed by atoms with Crippen LogP contribution >= 0.6 is 0 Å². The van der Waals surface area contributed by atoms with Crippen molar-refractivity contribution in [3.05, 3.63) is 83.7 Å². The van der Waals surface area contributed by atoms with Crippen molar-refractivity contribution in [2.45, 2.75) is 70.5 Å². The van der Waals surface area contributed by atoms with Gasteiger partial charge < -0.3 is 10.2 Å². The van der Waals surface area contributed by atoms with E-state index in [-0.39, 0.29) is 30.2 Å². The molecule has 5 heteroatoms. The summed E-state index contributed by atoms with van der Waals surface area (Å²) in [4.78, 5) is 28.4. The smallest absolute Gasteiger partial charge is 0.243 e. The molecule has 0 spiro atoms. The quantitative estimate of drug-likeness (QED) is 0.440. The van der Waals surface area contributed by atoms with Crippen LogP contribution in [0.3, 0.4) is 0 Å². The molecular formula is C29H33FN2O2. The van der Waals surface area contributed by atoms with Gasteiger partial charge in [-0.3, -0.25) is 9.59 Å². The van der Waals surface area contributed by atoms with Crippen LogP contribution in [0.15, 0.2) is 66.7 Å². The van der Waals surface area contributed by atoms with Crippen LogP contribution in [0.1, 0.15) is 56.6 Å². The third kappa shape index (κ3) is 5.82. The van der Waals surface area contributed by atoms with Gasteiger partial charge in [0.25, 0.3) is 0 Å². The fraction of sp³-hybridized carbons (Fsp3) is 0.379. The monoisotopic (exact) mass is 460 g/mol. The van der Waals surface area contributed by atoms with Gasteiger partial charge in [0.1, 0.15) is 11.9 Å². The van der Waals surface area contributed by atoms with Crippen molar-refractivity contribution in [3.8, 4) is 0 Å². The number of carbonyl (C=O) groups excluding carboxylic acids is 2. The van der Waals surface area contributed by atoms with Gasteiger partial charge in [0.15, 0.2) is 0 Å². The summed E-state index contributed by atoms with van der Waals surface area (Å²) < 4.78 is 13.5. The Hall–Kier alpha value is -3.21. The molecule has 0 heterocycles. The number of nitrogens with zero attached hydrogens (tertiary/aromatic N) is 1. The molecule has 3 aromatic carbocycles. The Labute approximate surface area is 201 Å². The topological polar surface area (TPSA) is 49.4 Å². The number of amides is 2. The molecule has 1 unspecified atom stereocenters. The van der Waals surface area contributed by atoms with Gasteiger partial charge in [0.2, 0.25) is 11.8 Å². The van der Waals surface area contributed by atoms with E-state index in [9.17, 15) is 14.0 Å². The van der Waals surface area contributed by atoms with E-state index in [4.69, 9.17) is 0 Å². The maximum absolute atomic E-state index is 13.5. The van der Waals surface area contributed by atoms with E-state index in [1.54, 1.807) is 17.0 Å². The molecule has 178 valence electrons. The van der Waals surface area contributed by atoms with Crippen molar-refractivity contribution in [1.29, 1.82) is 0 Å². The molecule has 34 heavy (non-hydrogen) atoms. The second-order valence-electron chi connectivity index (χ2n) is 9.20. The van der Waals surface area contributed by atoms with E-state index in [2.05, 4.69) is 29.6 Å². The number of hydrogen-bond donors (Lipinski definition) is 1. The summed E-state index contributed by atoms with van der Waals surface area (Å²) in [6, 6.07) is 20.1. The first-order chi connectivity index (χ1) is 16.5. The average Bonchev–Trinajstić information content (AvgIpc) is 3.36. The number of nitrogens with one attached hydrogen (secondary N) is 1. The van der Waals surface area contributed by atoms with Gasteiger partial charge in [-0.1, -0.05) is 74.4 Å². The number of fused-ring (bicyclic) bond motifs is 1. The van der Waals surface area contributed by atoms with Crippen LogP contribution in [0.2, 0.25) is 0 Å². The number of rotatable bonds is 9. The molecule has 1 aliphatic rings. The molecule has 2 amide bonds. The van der Waals surface area contributed by atoms with Gasteiger partial charge in [0, 0.05) is 19.0 Å². The van der Waals surface area contributed by atoms with Gasteiger partial charge in [-0.25, -0.2) is 4.39 Å². The standard InChI is InChI=1S/C29H33FN2O2/c1-2-27(29(34)31-25-11-4-5-12-25)32(20-21-14-17-24(30)18-15-21)28(33)19-16-23-10-7-9-22-8-3-6-13-26(22)23/h3,6-10,13-15,17-18,25,27H,2,4-5,11-12,16,19-20H2,1H3,(H,31,34). The third-order valence-electron chi connectivity index (χ3n) is 6.84. The van der Waals surface area contributed by atoms with Gasteiger partial charge >= 0.3 is 0 Å². The van der Waals surface area contributed by atoms with Crippen LogP contribution in [0, 0.1) is 5.82 Å². The fourth-order valence-electron chi connectivity index (χ4n) is 4.97. The van der Waals surface area contributed by atoms with E-state index >= 15 is 0 Å². The highest BCUT2D eigenvalue weighted by molar-refractivity contribution is 5.89. The van der Waals surface area contributed by atoms with Crippen molar-refractivity contribution < 1.29 is 14.0 Å². The van der Waals surface area contributed by atoms with Crippen LogP contribution < -0.4 is 5.32 Å². The lowest BCUT2D eigenvalue weighted by molar-refractivity contribution is -0.141. The first-order valence-electron chi connectivity index (χ1n) is 12.4. The molecule has 3 aromatic rings. The average molecular weight is 461 g/mol. The summed E-state index contributed by atoms with van der Waals surface area (Å²) in [5.41, 5.74) is 1.93. The molecule has 4 rings (SSSR count). The molecule has 0 aliphatic heterocycles.